The van der Waals surface area contributed by atoms with Crippen molar-refractivity contribution in [2.75, 3.05) is 10.6 Å². The number of fused-ring (bicyclic) bond motifs is 2. The number of nitrogens with one attached hydrogen (secondary N) is 2. The molecule has 6 rings (SSSR count). The van der Waals surface area contributed by atoms with E-state index in [9.17, 15) is 4.79 Å². The molecule has 166 valence electrons. The van der Waals surface area contributed by atoms with Crippen molar-refractivity contribution in [1.82, 2.24) is 24.7 Å². The Kier molecular flexibility index (Phi) is 5.05. The second kappa shape index (κ2) is 8.22. The van der Waals surface area contributed by atoms with Crippen LogP contribution in [0, 0.1) is 0 Å². The van der Waals surface area contributed by atoms with Gasteiger partial charge in [0.05, 0.1) is 29.4 Å². The summed E-state index contributed by atoms with van der Waals surface area (Å²) >= 11 is 3.54. The molecule has 1 unspecified atom stereocenters. The van der Waals surface area contributed by atoms with Crippen LogP contribution in [0.1, 0.15) is 54.6 Å². The van der Waals surface area contributed by atoms with Gasteiger partial charge in [-0.25, -0.2) is 4.98 Å². The minimum atomic E-state index is -0.528. The van der Waals surface area contributed by atoms with Crippen molar-refractivity contribution in [2.45, 2.75) is 44.2 Å². The molecular formula is C24H22BrN7O. The fourth-order valence-electron chi connectivity index (χ4n) is 4.78. The summed E-state index contributed by atoms with van der Waals surface area (Å²) in [4.78, 5) is 27.0. The largest absolute Gasteiger partial charge is 0.348 e. The number of rotatable bonds is 5. The molecule has 1 saturated carbocycles. The predicted octanol–water partition coefficient (Wildman–Crippen LogP) is 4.80. The van der Waals surface area contributed by atoms with E-state index in [-0.39, 0.29) is 5.91 Å². The van der Waals surface area contributed by atoms with Crippen LogP contribution >= 0.6 is 15.9 Å². The lowest BCUT2D eigenvalue weighted by atomic mass is 9.95. The van der Waals surface area contributed by atoms with Crippen molar-refractivity contribution in [3.05, 3.63) is 70.2 Å². The van der Waals surface area contributed by atoms with Gasteiger partial charge in [-0.05, 0) is 48.7 Å². The quantitative estimate of drug-likeness (QED) is 0.406. The number of hydrogen-bond acceptors (Lipinski definition) is 6. The summed E-state index contributed by atoms with van der Waals surface area (Å²) in [5, 5.41) is 11.9. The molecule has 4 heterocycles. The Morgan fingerprint density at radius 1 is 1.15 bits per heavy atom. The van der Waals surface area contributed by atoms with Crippen molar-refractivity contribution in [2.24, 2.45) is 0 Å². The molecule has 1 atom stereocenters. The maximum atomic E-state index is 13.1. The zero-order chi connectivity index (χ0) is 22.4. The first-order valence-corrected chi connectivity index (χ1v) is 12.0. The van der Waals surface area contributed by atoms with Crippen LogP contribution < -0.4 is 10.6 Å². The Balaban J connectivity index is 1.46. The zero-order valence-electron chi connectivity index (χ0n) is 17.8. The van der Waals surface area contributed by atoms with Gasteiger partial charge in [-0.1, -0.05) is 34.8 Å². The van der Waals surface area contributed by atoms with Crippen LogP contribution in [0.25, 0.3) is 11.0 Å². The van der Waals surface area contributed by atoms with Gasteiger partial charge in [-0.2, -0.15) is 10.1 Å². The van der Waals surface area contributed by atoms with E-state index in [2.05, 4.69) is 31.5 Å². The van der Waals surface area contributed by atoms with Gasteiger partial charge in [0, 0.05) is 22.6 Å². The molecule has 1 aliphatic heterocycles. The lowest BCUT2D eigenvalue weighted by Gasteiger charge is -2.12. The smallest absolute Gasteiger partial charge is 0.238 e. The SMILES string of the molecule is O=C1Nc2ccc(Br)cc2C1c1nc(NCc2ccccn2)nc2nn(C3CCCC3)cc12. The number of carbonyl (C=O) groups excluding carboxylic acids is 1. The van der Waals surface area contributed by atoms with Gasteiger partial charge < -0.3 is 10.6 Å². The number of benzene rings is 1. The third-order valence-corrected chi connectivity index (χ3v) is 6.89. The van der Waals surface area contributed by atoms with E-state index in [0.29, 0.717) is 29.9 Å². The third-order valence-electron chi connectivity index (χ3n) is 6.40. The molecule has 0 radical (unpaired) electrons. The Labute approximate surface area is 199 Å². The van der Waals surface area contributed by atoms with E-state index in [0.717, 1.165) is 39.6 Å². The molecule has 0 bridgehead atoms. The maximum Gasteiger partial charge on any atom is 0.238 e. The molecule has 0 spiro atoms. The van der Waals surface area contributed by atoms with Crippen LogP contribution in [0.5, 0.6) is 0 Å². The second-order valence-electron chi connectivity index (χ2n) is 8.55. The summed E-state index contributed by atoms with van der Waals surface area (Å²) < 4.78 is 2.94. The van der Waals surface area contributed by atoms with Crippen molar-refractivity contribution in [3.8, 4) is 0 Å². The van der Waals surface area contributed by atoms with Crippen LogP contribution in [0.2, 0.25) is 0 Å². The number of aromatic nitrogens is 5. The molecule has 8 nitrogen and oxygen atoms in total. The summed E-state index contributed by atoms with van der Waals surface area (Å²) in [6.45, 7) is 0.480. The standard InChI is InChI=1S/C24H22BrN7O/c25-14-8-9-19-17(11-14)20(23(33)28-19)21-18-13-32(16-6-1-2-7-16)31-22(18)30-24(29-21)27-12-15-5-3-4-10-26-15/h3-5,8-11,13,16,20H,1-2,6-7,12H2,(H,28,33)(H,27,30,31). The molecule has 2 aliphatic rings. The first-order valence-electron chi connectivity index (χ1n) is 11.2. The number of amides is 1. The van der Waals surface area contributed by atoms with Crippen molar-refractivity contribution in [3.63, 3.8) is 0 Å². The monoisotopic (exact) mass is 503 g/mol. The van der Waals surface area contributed by atoms with Gasteiger partial charge in [0.15, 0.2) is 5.65 Å². The number of hydrogen-bond donors (Lipinski definition) is 2. The highest BCUT2D eigenvalue weighted by atomic mass is 79.9. The summed E-state index contributed by atoms with van der Waals surface area (Å²) in [7, 11) is 0. The van der Waals surface area contributed by atoms with E-state index in [1.54, 1.807) is 6.20 Å². The molecule has 1 amide bonds. The Morgan fingerprint density at radius 2 is 2.03 bits per heavy atom. The van der Waals surface area contributed by atoms with E-state index in [1.165, 1.54) is 12.8 Å². The van der Waals surface area contributed by atoms with Gasteiger partial charge in [0.2, 0.25) is 11.9 Å². The predicted molar refractivity (Wildman–Crippen MR) is 129 cm³/mol. The minimum Gasteiger partial charge on any atom is -0.348 e. The van der Waals surface area contributed by atoms with Crippen LogP contribution in [0.4, 0.5) is 11.6 Å². The van der Waals surface area contributed by atoms with Gasteiger partial charge in [-0.15, -0.1) is 0 Å². The summed E-state index contributed by atoms with van der Waals surface area (Å²) in [6.07, 6.45) is 8.42. The highest BCUT2D eigenvalue weighted by Gasteiger charge is 2.36. The highest BCUT2D eigenvalue weighted by molar-refractivity contribution is 9.10. The summed E-state index contributed by atoms with van der Waals surface area (Å²) in [5.74, 6) is -0.178. The van der Waals surface area contributed by atoms with Gasteiger partial charge >= 0.3 is 0 Å². The Bertz CT molecular complexity index is 1350. The summed E-state index contributed by atoms with van der Waals surface area (Å²) in [5.41, 5.74) is 3.87. The molecule has 1 fully saturated rings. The highest BCUT2D eigenvalue weighted by Crippen LogP contribution is 2.41. The molecule has 2 N–H and O–H groups in total. The molecule has 33 heavy (non-hydrogen) atoms. The van der Waals surface area contributed by atoms with Crippen molar-refractivity contribution < 1.29 is 4.79 Å². The molecule has 0 saturated heterocycles. The lowest BCUT2D eigenvalue weighted by Crippen LogP contribution is -2.16. The third kappa shape index (κ3) is 3.76. The summed E-state index contributed by atoms with van der Waals surface area (Å²) in [6, 6.07) is 12.0. The van der Waals surface area contributed by atoms with Crippen LogP contribution in [0.15, 0.2) is 53.3 Å². The number of nitrogens with zero attached hydrogens (tertiary/aromatic N) is 5. The molecular weight excluding hydrogens is 482 g/mol. The van der Waals surface area contributed by atoms with Crippen LogP contribution in [0.3, 0.4) is 0 Å². The van der Waals surface area contributed by atoms with E-state index in [1.807, 2.05) is 47.3 Å². The van der Waals surface area contributed by atoms with Crippen molar-refractivity contribution in [1.29, 1.82) is 0 Å². The normalized spacial score (nSPS) is 18.0. The number of halogens is 1. The van der Waals surface area contributed by atoms with E-state index in [4.69, 9.17) is 15.1 Å². The fraction of sp³-hybridized carbons (Fsp3) is 0.292. The lowest BCUT2D eigenvalue weighted by molar-refractivity contribution is -0.116. The van der Waals surface area contributed by atoms with Crippen LogP contribution in [-0.4, -0.2) is 30.6 Å². The topological polar surface area (TPSA) is 97.6 Å². The second-order valence-corrected chi connectivity index (χ2v) is 9.46. The molecule has 4 aromatic rings. The molecule has 1 aromatic carbocycles. The minimum absolute atomic E-state index is 0.0904. The fourth-order valence-corrected chi connectivity index (χ4v) is 5.15. The Hall–Kier alpha value is -3.33. The zero-order valence-corrected chi connectivity index (χ0v) is 19.4. The number of carbonyl (C=O) groups is 1. The van der Waals surface area contributed by atoms with Gasteiger partial charge in [0.1, 0.15) is 5.92 Å². The van der Waals surface area contributed by atoms with Gasteiger partial charge in [0.25, 0.3) is 0 Å². The maximum absolute atomic E-state index is 13.1. The molecule has 1 aliphatic carbocycles. The first-order chi connectivity index (χ1) is 16.2. The number of pyridine rings is 1. The average molecular weight is 504 g/mol. The van der Waals surface area contributed by atoms with Crippen LogP contribution in [-0.2, 0) is 11.3 Å². The average Bonchev–Trinajstić information content (AvgIpc) is 3.56. The van der Waals surface area contributed by atoms with E-state index >= 15 is 0 Å². The molecule has 9 heteroatoms. The Morgan fingerprint density at radius 3 is 2.85 bits per heavy atom. The first kappa shape index (κ1) is 20.3. The number of anilines is 2. The van der Waals surface area contributed by atoms with Gasteiger partial charge in [-0.3, -0.25) is 14.5 Å². The van der Waals surface area contributed by atoms with E-state index < -0.39 is 5.92 Å². The molecule has 3 aromatic heterocycles. The van der Waals surface area contributed by atoms with Crippen molar-refractivity contribution >= 4 is 44.5 Å².